The van der Waals surface area contributed by atoms with E-state index in [0.717, 1.165) is 33.2 Å². The molecule has 0 aliphatic rings. The number of anilines is 1. The monoisotopic (exact) mass is 390 g/mol. The van der Waals surface area contributed by atoms with E-state index in [1.54, 1.807) is 24.7 Å². The van der Waals surface area contributed by atoms with E-state index in [-0.39, 0.29) is 5.91 Å². The van der Waals surface area contributed by atoms with Crippen molar-refractivity contribution in [2.75, 3.05) is 5.32 Å². The average Bonchev–Trinajstić information content (AvgIpc) is 3.17. The Balaban J connectivity index is 1.87. The normalized spacial score (nSPS) is 14.0. The maximum Gasteiger partial charge on any atom is 0.222 e. The first kappa shape index (κ1) is 17.8. The van der Waals surface area contributed by atoms with Crippen LogP contribution in [0.25, 0.3) is 27.7 Å². The van der Waals surface area contributed by atoms with Gasteiger partial charge in [0, 0.05) is 54.3 Å². The number of hydrogen-bond donors (Lipinski definition) is 2. The van der Waals surface area contributed by atoms with Crippen molar-refractivity contribution in [3.05, 3.63) is 54.2 Å². The van der Waals surface area contributed by atoms with Crippen LogP contribution in [0.5, 0.6) is 0 Å². The Kier molecular flexibility index (Phi) is 4.65. The molecule has 1 amide bonds. The minimum atomic E-state index is -1.70. The maximum absolute atomic E-state index is 11.4. The fourth-order valence-electron chi connectivity index (χ4n) is 3.50. The zero-order chi connectivity index (χ0) is 21.5. The highest BCUT2D eigenvalue weighted by Gasteiger charge is 2.15. The van der Waals surface area contributed by atoms with Crippen LogP contribution in [0.15, 0.2) is 43.0 Å². The number of aliphatic hydroxyl groups is 1. The molecule has 4 heterocycles. The lowest BCUT2D eigenvalue weighted by molar-refractivity contribution is -0.114. The Labute approximate surface area is 169 Å². The van der Waals surface area contributed by atoms with Crippen LogP contribution in [0.1, 0.15) is 45.4 Å². The van der Waals surface area contributed by atoms with Crippen molar-refractivity contribution < 1.29 is 11.3 Å². The molecule has 0 radical (unpaired) electrons. The lowest BCUT2D eigenvalue weighted by atomic mass is 10.00. The number of nitrogens with zero attached hydrogens (tertiary/aromatic N) is 4. The van der Waals surface area contributed by atoms with Crippen LogP contribution in [0.4, 0.5) is 5.82 Å². The summed E-state index contributed by atoms with van der Waals surface area (Å²) in [5, 5.41) is 14.0. The summed E-state index contributed by atoms with van der Waals surface area (Å²) in [6, 6.07) is 5.57. The van der Waals surface area contributed by atoms with Crippen LogP contribution >= 0.6 is 0 Å². The molecular formula is C22H23N5O2. The van der Waals surface area contributed by atoms with Crippen LogP contribution in [0.3, 0.4) is 0 Å². The minimum absolute atomic E-state index is 0.181. The van der Waals surface area contributed by atoms with Gasteiger partial charge in [0.05, 0.1) is 18.7 Å². The number of carbonyl (C=O) groups excluding carboxylic acids is 1. The second-order valence-corrected chi connectivity index (χ2v) is 7.07. The van der Waals surface area contributed by atoms with E-state index in [1.165, 1.54) is 6.92 Å². The van der Waals surface area contributed by atoms with Crippen LogP contribution in [0, 0.1) is 6.92 Å². The number of imidazole rings is 1. The number of amides is 1. The lowest BCUT2D eigenvalue weighted by Crippen LogP contribution is -2.07. The van der Waals surface area contributed by atoms with E-state index in [9.17, 15) is 9.90 Å². The largest absolute Gasteiger partial charge is 0.387 e. The fourth-order valence-corrected chi connectivity index (χ4v) is 3.50. The number of aryl methyl sites for hydroxylation is 1. The highest BCUT2D eigenvalue weighted by Crippen LogP contribution is 2.32. The lowest BCUT2D eigenvalue weighted by Gasteiger charge is -2.14. The summed E-state index contributed by atoms with van der Waals surface area (Å²) >= 11 is 0. The van der Waals surface area contributed by atoms with Gasteiger partial charge < -0.3 is 10.4 Å². The topological polar surface area (TPSA) is 92.4 Å². The van der Waals surface area contributed by atoms with E-state index in [0.29, 0.717) is 24.4 Å². The van der Waals surface area contributed by atoms with E-state index in [2.05, 4.69) is 20.3 Å². The molecule has 4 rings (SSSR count). The van der Waals surface area contributed by atoms with Gasteiger partial charge in [0.1, 0.15) is 11.5 Å². The van der Waals surface area contributed by atoms with E-state index >= 15 is 0 Å². The Bertz CT molecular complexity index is 1270. The van der Waals surface area contributed by atoms with Gasteiger partial charge >= 0.3 is 0 Å². The molecule has 7 heteroatoms. The van der Waals surface area contributed by atoms with Gasteiger partial charge in [-0.1, -0.05) is 13.3 Å². The number of fused-ring (bicyclic) bond motifs is 3. The summed E-state index contributed by atoms with van der Waals surface area (Å²) in [6.45, 7) is 5.31. The van der Waals surface area contributed by atoms with Gasteiger partial charge in [-0.2, -0.15) is 0 Å². The number of hydrogen-bond acceptors (Lipinski definition) is 5. The van der Waals surface area contributed by atoms with E-state index in [1.807, 2.05) is 36.6 Å². The molecule has 0 saturated heterocycles. The van der Waals surface area contributed by atoms with Crippen molar-refractivity contribution in [1.82, 2.24) is 19.4 Å². The number of pyridine rings is 3. The Hall–Kier alpha value is -3.32. The van der Waals surface area contributed by atoms with E-state index < -0.39 is 6.08 Å². The molecule has 0 aliphatic carbocycles. The molecule has 2 N–H and O–H groups in total. The fraction of sp³-hybridized carbons (Fsp3) is 0.273. The molecule has 1 atom stereocenters. The Morgan fingerprint density at radius 3 is 2.79 bits per heavy atom. The van der Waals surface area contributed by atoms with Crippen LogP contribution < -0.4 is 5.32 Å². The van der Waals surface area contributed by atoms with Crippen LogP contribution in [-0.4, -0.2) is 30.4 Å². The van der Waals surface area contributed by atoms with Crippen molar-refractivity contribution in [3.8, 4) is 11.1 Å². The summed E-state index contributed by atoms with van der Waals surface area (Å²) in [7, 11) is 0. The van der Waals surface area contributed by atoms with Crippen molar-refractivity contribution in [2.24, 2.45) is 0 Å². The van der Waals surface area contributed by atoms with Gasteiger partial charge in [-0.25, -0.2) is 9.97 Å². The zero-order valence-corrected chi connectivity index (χ0v) is 16.6. The maximum atomic E-state index is 11.4. The molecule has 0 spiro atoms. The van der Waals surface area contributed by atoms with Crippen molar-refractivity contribution in [1.29, 1.82) is 0 Å². The van der Waals surface area contributed by atoms with Crippen LogP contribution in [0.2, 0.25) is 0 Å². The highest BCUT2D eigenvalue weighted by atomic mass is 16.3. The molecule has 0 fully saturated rings. The molecule has 4 aromatic rings. The number of carbonyl (C=O) groups is 1. The second kappa shape index (κ2) is 7.60. The Morgan fingerprint density at radius 2 is 2.07 bits per heavy atom. The molecule has 0 aromatic carbocycles. The van der Waals surface area contributed by atoms with E-state index in [4.69, 9.17) is 1.37 Å². The van der Waals surface area contributed by atoms with Crippen molar-refractivity contribution >= 4 is 28.3 Å². The minimum Gasteiger partial charge on any atom is -0.387 e. The molecule has 1 unspecified atom stereocenters. The quantitative estimate of drug-likeness (QED) is 0.536. The zero-order valence-electron chi connectivity index (χ0n) is 17.6. The summed E-state index contributed by atoms with van der Waals surface area (Å²) in [5.74, 6) is 0.296. The molecule has 7 nitrogen and oxygen atoms in total. The van der Waals surface area contributed by atoms with Crippen molar-refractivity contribution in [3.63, 3.8) is 0 Å². The molecule has 0 aliphatic heterocycles. The second-order valence-electron chi connectivity index (χ2n) is 7.07. The first-order valence-corrected chi connectivity index (χ1v) is 9.53. The number of nitrogens with one attached hydrogen (secondary N) is 1. The smallest absolute Gasteiger partial charge is 0.222 e. The van der Waals surface area contributed by atoms with Gasteiger partial charge in [0.15, 0.2) is 0 Å². The van der Waals surface area contributed by atoms with Gasteiger partial charge in [0.2, 0.25) is 5.91 Å². The standard InChI is InChI=1S/C22H23N5O2/c1-4-5-20(29)18-8-13(2)17(12-24-18)16-9-15-11-25-21(26-14(3)28)10-19(15)27-7-6-23-22(16)27/h6-12,20,29H,4-5H2,1-3H3,(H,25,26,28)/i20D. The van der Waals surface area contributed by atoms with Crippen molar-refractivity contribution in [2.45, 2.75) is 39.7 Å². The molecule has 0 bridgehead atoms. The van der Waals surface area contributed by atoms with Crippen LogP contribution in [-0.2, 0) is 4.79 Å². The molecule has 0 saturated carbocycles. The third-order valence-electron chi connectivity index (χ3n) is 4.84. The molecule has 29 heavy (non-hydrogen) atoms. The molecule has 4 aromatic heterocycles. The highest BCUT2D eigenvalue weighted by molar-refractivity contribution is 5.95. The van der Waals surface area contributed by atoms with Gasteiger partial charge in [0.25, 0.3) is 0 Å². The SMILES string of the molecule is [2H]C(O)(CCC)c1cc(C)c(-c2cc3cnc(NC(C)=O)cc3n3ccnc23)cn1. The predicted octanol–water partition coefficient (Wildman–Crippen LogP) is 4.04. The molecular weight excluding hydrogens is 366 g/mol. The number of aromatic nitrogens is 4. The molecule has 148 valence electrons. The predicted molar refractivity (Wildman–Crippen MR) is 113 cm³/mol. The number of rotatable bonds is 5. The Morgan fingerprint density at radius 1 is 1.24 bits per heavy atom. The van der Waals surface area contributed by atoms with Gasteiger partial charge in [-0.3, -0.25) is 14.2 Å². The summed E-state index contributed by atoms with van der Waals surface area (Å²) in [5.41, 5.74) is 4.60. The van der Waals surface area contributed by atoms with Gasteiger partial charge in [-0.15, -0.1) is 0 Å². The summed E-state index contributed by atoms with van der Waals surface area (Å²) in [6.07, 6.45) is 6.29. The van der Waals surface area contributed by atoms with Gasteiger partial charge in [-0.05, 0) is 31.0 Å². The third kappa shape index (κ3) is 3.56. The summed E-state index contributed by atoms with van der Waals surface area (Å²) in [4.78, 5) is 24.6. The average molecular weight is 390 g/mol. The first-order chi connectivity index (χ1) is 14.3. The first-order valence-electron chi connectivity index (χ1n) is 10.0. The summed E-state index contributed by atoms with van der Waals surface area (Å²) < 4.78 is 10.1. The third-order valence-corrected chi connectivity index (χ3v) is 4.84.